The van der Waals surface area contributed by atoms with E-state index in [1.807, 2.05) is 19.1 Å². The van der Waals surface area contributed by atoms with E-state index in [9.17, 15) is 8.78 Å². The van der Waals surface area contributed by atoms with E-state index in [0.717, 1.165) is 11.4 Å². The molecule has 3 nitrogen and oxygen atoms in total. The van der Waals surface area contributed by atoms with Crippen molar-refractivity contribution in [3.05, 3.63) is 54.1 Å². The minimum Gasteiger partial charge on any atom is -0.491 e. The molecule has 5 heteroatoms. The molecule has 0 bridgehead atoms. The van der Waals surface area contributed by atoms with E-state index >= 15 is 0 Å². The maximum atomic E-state index is 12.8. The second kappa shape index (κ2) is 6.84. The molecule has 1 aromatic heterocycles. The SMILES string of the molecule is C[C@@H](Nc1cccc(OCCF)c1)c1ccc(F)cn1. The molecule has 2 rings (SSSR count). The number of nitrogens with zero attached hydrogens (tertiary/aromatic N) is 1. The summed E-state index contributed by atoms with van der Waals surface area (Å²) in [5, 5.41) is 3.24. The minimum absolute atomic E-state index is 0.0402. The molecule has 1 aromatic carbocycles. The zero-order chi connectivity index (χ0) is 14.4. The molecule has 0 aliphatic rings. The van der Waals surface area contributed by atoms with Crippen LogP contribution in [0.5, 0.6) is 5.75 Å². The Kier molecular flexibility index (Phi) is 4.87. The fraction of sp³-hybridized carbons (Fsp3) is 0.267. The first-order valence-electron chi connectivity index (χ1n) is 6.36. The molecule has 0 saturated heterocycles. The van der Waals surface area contributed by atoms with Crippen LogP contribution in [0.1, 0.15) is 18.7 Å². The Bertz CT molecular complexity index is 546. The van der Waals surface area contributed by atoms with Crippen LogP contribution in [0.25, 0.3) is 0 Å². The van der Waals surface area contributed by atoms with Gasteiger partial charge in [-0.1, -0.05) is 6.07 Å². The minimum atomic E-state index is -0.520. The van der Waals surface area contributed by atoms with Crippen LogP contribution in [0.2, 0.25) is 0 Å². The second-order valence-corrected chi connectivity index (χ2v) is 4.33. The predicted molar refractivity (Wildman–Crippen MR) is 74.1 cm³/mol. The van der Waals surface area contributed by atoms with E-state index in [-0.39, 0.29) is 18.5 Å². The van der Waals surface area contributed by atoms with Crippen molar-refractivity contribution in [1.82, 2.24) is 4.98 Å². The lowest BCUT2D eigenvalue weighted by Gasteiger charge is -2.15. The molecule has 20 heavy (non-hydrogen) atoms. The van der Waals surface area contributed by atoms with Gasteiger partial charge in [-0.15, -0.1) is 0 Å². The van der Waals surface area contributed by atoms with Crippen LogP contribution in [0.4, 0.5) is 14.5 Å². The van der Waals surface area contributed by atoms with Gasteiger partial charge in [-0.3, -0.25) is 4.98 Å². The number of ether oxygens (including phenoxy) is 1. The molecule has 1 atom stereocenters. The van der Waals surface area contributed by atoms with Crippen molar-refractivity contribution in [3.63, 3.8) is 0 Å². The van der Waals surface area contributed by atoms with Crippen LogP contribution in [0, 0.1) is 5.82 Å². The van der Waals surface area contributed by atoms with Gasteiger partial charge in [0.05, 0.1) is 17.9 Å². The molecule has 0 unspecified atom stereocenters. The number of hydrogen-bond donors (Lipinski definition) is 1. The van der Waals surface area contributed by atoms with Gasteiger partial charge in [0.2, 0.25) is 0 Å². The Morgan fingerprint density at radius 3 is 2.85 bits per heavy atom. The van der Waals surface area contributed by atoms with Crippen LogP contribution >= 0.6 is 0 Å². The third-order valence-corrected chi connectivity index (χ3v) is 2.76. The molecule has 1 heterocycles. The average Bonchev–Trinajstić information content (AvgIpc) is 2.46. The first-order valence-corrected chi connectivity index (χ1v) is 6.36. The van der Waals surface area contributed by atoms with Gasteiger partial charge in [-0.2, -0.15) is 0 Å². The number of pyridine rings is 1. The van der Waals surface area contributed by atoms with Crippen molar-refractivity contribution >= 4 is 5.69 Å². The lowest BCUT2D eigenvalue weighted by atomic mass is 10.2. The van der Waals surface area contributed by atoms with Gasteiger partial charge in [0, 0.05) is 11.8 Å². The quantitative estimate of drug-likeness (QED) is 0.874. The molecule has 0 aliphatic carbocycles. The average molecular weight is 278 g/mol. The summed E-state index contributed by atoms with van der Waals surface area (Å²) in [4.78, 5) is 4.03. The van der Waals surface area contributed by atoms with Gasteiger partial charge in [0.25, 0.3) is 0 Å². The van der Waals surface area contributed by atoms with Crippen LogP contribution in [-0.2, 0) is 0 Å². The van der Waals surface area contributed by atoms with Gasteiger partial charge >= 0.3 is 0 Å². The van der Waals surface area contributed by atoms with Crippen molar-refractivity contribution in [1.29, 1.82) is 0 Å². The van der Waals surface area contributed by atoms with E-state index in [4.69, 9.17) is 4.74 Å². The maximum Gasteiger partial charge on any atom is 0.141 e. The number of rotatable bonds is 6. The van der Waals surface area contributed by atoms with Gasteiger partial charge in [-0.05, 0) is 31.2 Å². The lowest BCUT2D eigenvalue weighted by molar-refractivity contribution is 0.273. The Hall–Kier alpha value is -2.17. The zero-order valence-corrected chi connectivity index (χ0v) is 11.1. The van der Waals surface area contributed by atoms with Crippen molar-refractivity contribution in [2.45, 2.75) is 13.0 Å². The fourth-order valence-electron chi connectivity index (χ4n) is 1.80. The Labute approximate surface area is 116 Å². The molecule has 106 valence electrons. The molecule has 1 N–H and O–H groups in total. The molecule has 0 saturated carbocycles. The fourth-order valence-corrected chi connectivity index (χ4v) is 1.80. The molecule has 0 aliphatic heterocycles. The highest BCUT2D eigenvalue weighted by Crippen LogP contribution is 2.22. The van der Waals surface area contributed by atoms with Crippen molar-refractivity contribution in [2.24, 2.45) is 0 Å². The third-order valence-electron chi connectivity index (χ3n) is 2.76. The number of nitrogens with one attached hydrogen (secondary N) is 1. The summed E-state index contributed by atoms with van der Waals surface area (Å²) in [6.45, 7) is 1.45. The van der Waals surface area contributed by atoms with Gasteiger partial charge in [0.1, 0.15) is 24.8 Å². The van der Waals surface area contributed by atoms with Crippen LogP contribution in [-0.4, -0.2) is 18.3 Å². The molecule has 0 fully saturated rings. The maximum absolute atomic E-state index is 12.8. The van der Waals surface area contributed by atoms with E-state index in [2.05, 4.69) is 10.3 Å². The molecular formula is C15H16F2N2O. The number of anilines is 1. The van der Waals surface area contributed by atoms with Gasteiger partial charge in [-0.25, -0.2) is 8.78 Å². The van der Waals surface area contributed by atoms with E-state index in [0.29, 0.717) is 5.75 Å². The topological polar surface area (TPSA) is 34.1 Å². The van der Waals surface area contributed by atoms with Crippen LogP contribution in [0.15, 0.2) is 42.6 Å². The molecule has 0 spiro atoms. The Balaban J connectivity index is 2.03. The highest BCUT2D eigenvalue weighted by Gasteiger charge is 2.07. The smallest absolute Gasteiger partial charge is 0.141 e. The number of alkyl halides is 1. The lowest BCUT2D eigenvalue weighted by Crippen LogP contribution is -2.08. The van der Waals surface area contributed by atoms with E-state index in [1.54, 1.807) is 18.2 Å². The highest BCUT2D eigenvalue weighted by molar-refractivity contribution is 5.49. The van der Waals surface area contributed by atoms with Crippen LogP contribution in [0.3, 0.4) is 0 Å². The largest absolute Gasteiger partial charge is 0.491 e. The van der Waals surface area contributed by atoms with E-state index in [1.165, 1.54) is 12.3 Å². The number of hydrogen-bond acceptors (Lipinski definition) is 3. The summed E-state index contributed by atoms with van der Waals surface area (Å²) < 4.78 is 30.1. The van der Waals surface area contributed by atoms with Gasteiger partial charge in [0.15, 0.2) is 0 Å². The normalized spacial score (nSPS) is 11.9. The highest BCUT2D eigenvalue weighted by atomic mass is 19.1. The number of halogens is 2. The molecule has 0 radical (unpaired) electrons. The van der Waals surface area contributed by atoms with Crippen molar-refractivity contribution in [2.75, 3.05) is 18.6 Å². The summed E-state index contributed by atoms with van der Waals surface area (Å²) in [5.74, 6) is 0.245. The molecular weight excluding hydrogens is 262 g/mol. The Morgan fingerprint density at radius 1 is 1.30 bits per heavy atom. The van der Waals surface area contributed by atoms with E-state index < -0.39 is 6.67 Å². The summed E-state index contributed by atoms with van der Waals surface area (Å²) in [6, 6.07) is 10.2. The van der Waals surface area contributed by atoms with Crippen molar-refractivity contribution in [3.8, 4) is 5.75 Å². The third kappa shape index (κ3) is 3.91. The standard InChI is InChI=1S/C15H16F2N2O/c1-11(15-6-5-12(17)10-18-15)19-13-3-2-4-14(9-13)20-8-7-16/h2-6,9-11,19H,7-8H2,1H3/t11-/m1/s1. The Morgan fingerprint density at radius 2 is 2.15 bits per heavy atom. The van der Waals surface area contributed by atoms with Crippen molar-refractivity contribution < 1.29 is 13.5 Å². The monoisotopic (exact) mass is 278 g/mol. The first kappa shape index (κ1) is 14.2. The molecule has 0 amide bonds. The number of aromatic nitrogens is 1. The molecule has 2 aromatic rings. The predicted octanol–water partition coefficient (Wildman–Crippen LogP) is 3.74. The summed E-state index contributed by atoms with van der Waals surface area (Å²) in [6.07, 6.45) is 1.19. The summed E-state index contributed by atoms with van der Waals surface area (Å²) >= 11 is 0. The summed E-state index contributed by atoms with van der Waals surface area (Å²) in [7, 11) is 0. The van der Waals surface area contributed by atoms with Crippen LogP contribution < -0.4 is 10.1 Å². The summed E-state index contributed by atoms with van der Waals surface area (Å²) in [5.41, 5.74) is 1.57. The van der Waals surface area contributed by atoms with Gasteiger partial charge < -0.3 is 10.1 Å². The zero-order valence-electron chi connectivity index (χ0n) is 11.1. The first-order chi connectivity index (χ1) is 9.69. The second-order valence-electron chi connectivity index (χ2n) is 4.33. The number of benzene rings is 1.